The third-order valence-corrected chi connectivity index (χ3v) is 5.90. The lowest BCUT2D eigenvalue weighted by Gasteiger charge is -2.41. The number of imide groups is 1. The fourth-order valence-electron chi connectivity index (χ4n) is 3.62. The Balaban J connectivity index is 7.04. The smallest absolute Gasteiger partial charge is 0.338 e. The van der Waals surface area contributed by atoms with E-state index in [2.05, 4.69) is 0 Å². The van der Waals surface area contributed by atoms with Crippen LogP contribution in [0.2, 0.25) is 0 Å². The van der Waals surface area contributed by atoms with Crippen molar-refractivity contribution in [2.75, 3.05) is 13.2 Å². The second-order valence-electron chi connectivity index (χ2n) is 8.94. The fraction of sp³-hybridized carbons (Fsp3) is 0.682. The van der Waals surface area contributed by atoms with Crippen molar-refractivity contribution in [3.63, 3.8) is 0 Å². The van der Waals surface area contributed by atoms with Crippen LogP contribution in [0.1, 0.15) is 51.4 Å². The number of aliphatic carboxylic acids is 3. The molecule has 0 radical (unpaired) electrons. The van der Waals surface area contributed by atoms with E-state index >= 15 is 0 Å². The van der Waals surface area contributed by atoms with Crippen LogP contribution >= 0.6 is 0 Å². The van der Waals surface area contributed by atoms with E-state index in [0.717, 1.165) is 0 Å². The minimum atomic E-state index is -3.40. The average molecular weight is 563 g/mol. The van der Waals surface area contributed by atoms with Gasteiger partial charge in [0.2, 0.25) is 17.4 Å². The Labute approximate surface area is 223 Å². The van der Waals surface area contributed by atoms with E-state index in [0.29, 0.717) is 6.42 Å². The molecule has 14 N–H and O–H groups in total. The summed E-state index contributed by atoms with van der Waals surface area (Å²) in [5.41, 5.74) is 25.0. The second-order valence-corrected chi connectivity index (χ2v) is 8.94. The summed E-state index contributed by atoms with van der Waals surface area (Å²) in [5.74, 6) is -10.8. The molecule has 0 bridgehead atoms. The Morgan fingerprint density at radius 2 is 1.18 bits per heavy atom. The molecule has 0 saturated carbocycles. The number of carboxylic acid groups (broad SMARTS) is 3. The number of aliphatic hydroxyl groups excluding tert-OH is 1. The number of hydrogen-bond donors (Lipinski definition) is 9. The number of hydrogen-bond acceptors (Lipinski definition) is 13. The number of Topliss-reactive ketones (excluding diaryl/α,β-unsaturated/α-hetero) is 2. The van der Waals surface area contributed by atoms with Crippen LogP contribution in [0.25, 0.3) is 0 Å². The van der Waals surface area contributed by atoms with Crippen molar-refractivity contribution < 1.29 is 54.0 Å². The van der Waals surface area contributed by atoms with Crippen LogP contribution < -0.4 is 28.7 Å². The molecule has 0 aromatic carbocycles. The number of nitrogens with two attached hydrogens (primary N) is 5. The van der Waals surface area contributed by atoms with Crippen molar-refractivity contribution in [2.45, 2.75) is 81.1 Å². The Hall–Kier alpha value is -3.35. The van der Waals surface area contributed by atoms with E-state index in [1.54, 1.807) is 0 Å². The highest BCUT2D eigenvalue weighted by molar-refractivity contribution is 6.19. The molecule has 0 fully saturated rings. The van der Waals surface area contributed by atoms with Crippen molar-refractivity contribution in [3.8, 4) is 0 Å². The third-order valence-electron chi connectivity index (χ3n) is 5.90. The lowest BCUT2D eigenvalue weighted by molar-refractivity contribution is -0.174. The van der Waals surface area contributed by atoms with Gasteiger partial charge < -0.3 is 49.1 Å². The molecule has 2 amide bonds. The first-order valence-electron chi connectivity index (χ1n) is 12.0. The summed E-state index contributed by atoms with van der Waals surface area (Å²) in [6, 6.07) is -7.09. The zero-order chi connectivity index (χ0) is 30.5. The molecule has 0 spiro atoms. The van der Waals surface area contributed by atoms with Gasteiger partial charge in [-0.05, 0) is 32.2 Å². The van der Waals surface area contributed by atoms with Gasteiger partial charge in [-0.2, -0.15) is 0 Å². The van der Waals surface area contributed by atoms with Gasteiger partial charge in [0.05, 0.1) is 24.7 Å². The van der Waals surface area contributed by atoms with Gasteiger partial charge in [0.15, 0.2) is 11.6 Å². The number of rotatable bonds is 20. The number of nitrogens with zero attached hydrogens (tertiary/aromatic N) is 1. The summed E-state index contributed by atoms with van der Waals surface area (Å²) >= 11 is 0. The molecule has 5 unspecified atom stereocenters. The monoisotopic (exact) mass is 562 g/mol. The molecule has 222 valence electrons. The van der Waals surface area contributed by atoms with Crippen LogP contribution in [0.4, 0.5) is 0 Å². The number of carboxylic acids is 3. The highest BCUT2D eigenvalue weighted by Gasteiger charge is 2.59. The van der Waals surface area contributed by atoms with Crippen LogP contribution in [0, 0.1) is 0 Å². The number of amides is 2. The number of aliphatic hydroxyl groups is 1. The van der Waals surface area contributed by atoms with Crippen LogP contribution in [0.5, 0.6) is 0 Å². The first-order valence-corrected chi connectivity index (χ1v) is 12.0. The van der Waals surface area contributed by atoms with Gasteiger partial charge in [-0.15, -0.1) is 0 Å². The van der Waals surface area contributed by atoms with Crippen LogP contribution in [0.15, 0.2) is 0 Å². The first kappa shape index (κ1) is 35.6. The molecule has 0 aliphatic carbocycles. The highest BCUT2D eigenvalue weighted by Crippen LogP contribution is 2.28. The van der Waals surface area contributed by atoms with Gasteiger partial charge in [0.25, 0.3) is 0 Å². The molecular formula is C22H38N6O11. The zero-order valence-electron chi connectivity index (χ0n) is 21.4. The second kappa shape index (κ2) is 16.6. The predicted octanol–water partition coefficient (Wildman–Crippen LogP) is -4.15. The molecule has 5 atom stereocenters. The molecule has 0 aromatic heterocycles. The van der Waals surface area contributed by atoms with Gasteiger partial charge in [-0.25, -0.2) is 4.79 Å². The van der Waals surface area contributed by atoms with E-state index in [4.69, 9.17) is 38.9 Å². The van der Waals surface area contributed by atoms with Crippen molar-refractivity contribution in [2.24, 2.45) is 28.7 Å². The minimum absolute atomic E-state index is 0.117. The lowest BCUT2D eigenvalue weighted by atomic mass is 9.79. The number of carbonyl (C=O) groups is 7. The summed E-state index contributed by atoms with van der Waals surface area (Å²) in [4.78, 5) is 87.8. The summed E-state index contributed by atoms with van der Waals surface area (Å²) in [6.07, 6.45) is -3.39. The van der Waals surface area contributed by atoms with E-state index in [1.165, 1.54) is 0 Å². The van der Waals surface area contributed by atoms with Crippen molar-refractivity contribution in [3.05, 3.63) is 0 Å². The Bertz CT molecular complexity index is 930. The molecule has 17 nitrogen and oxygen atoms in total. The van der Waals surface area contributed by atoms with Gasteiger partial charge >= 0.3 is 17.9 Å². The molecule has 0 rings (SSSR count). The van der Waals surface area contributed by atoms with Gasteiger partial charge in [0, 0.05) is 19.3 Å². The van der Waals surface area contributed by atoms with E-state index in [-0.39, 0.29) is 24.3 Å². The van der Waals surface area contributed by atoms with Gasteiger partial charge in [-0.1, -0.05) is 6.42 Å². The topological polar surface area (TPSA) is 334 Å². The largest absolute Gasteiger partial charge is 0.481 e. The van der Waals surface area contributed by atoms with Gasteiger partial charge in [-0.3, -0.25) is 33.7 Å². The standard InChI is InChI=1S/C22H38N6O11/c23-8-2-1-3-13(26)19(36)28(20(37)14(27)10-29)22(21(38)39,18(35)12(25)5-7-17(33)34)9-15(30)11(24)4-6-16(31)32/h11-14,29H,1-10,23-27H2,(H,31,32)(H,33,34)(H,38,39). The third kappa shape index (κ3) is 10.0. The van der Waals surface area contributed by atoms with Crippen LogP contribution in [-0.4, -0.2) is 109 Å². The summed E-state index contributed by atoms with van der Waals surface area (Å²) in [5, 5.41) is 37.6. The van der Waals surface area contributed by atoms with Crippen molar-refractivity contribution in [1.82, 2.24) is 4.90 Å². The molecule has 39 heavy (non-hydrogen) atoms. The van der Waals surface area contributed by atoms with Crippen molar-refractivity contribution in [1.29, 1.82) is 0 Å². The number of carbonyl (C=O) groups excluding carboxylic acids is 4. The minimum Gasteiger partial charge on any atom is -0.481 e. The van der Waals surface area contributed by atoms with E-state index < -0.39 is 110 Å². The quantitative estimate of drug-likeness (QED) is 0.0502. The molecule has 0 saturated heterocycles. The number of unbranched alkanes of at least 4 members (excludes halogenated alkanes) is 1. The maximum absolute atomic E-state index is 13.6. The fourth-order valence-corrected chi connectivity index (χ4v) is 3.62. The van der Waals surface area contributed by atoms with E-state index in [1.807, 2.05) is 0 Å². The Morgan fingerprint density at radius 3 is 1.62 bits per heavy atom. The maximum Gasteiger partial charge on any atom is 0.338 e. The van der Waals surface area contributed by atoms with Crippen molar-refractivity contribution >= 4 is 41.3 Å². The number of ketones is 2. The summed E-state index contributed by atoms with van der Waals surface area (Å²) in [6.45, 7) is -0.885. The molecule has 0 aliphatic rings. The van der Waals surface area contributed by atoms with Crippen LogP contribution in [-0.2, 0) is 33.6 Å². The first-order chi connectivity index (χ1) is 18.1. The molecular weight excluding hydrogens is 524 g/mol. The zero-order valence-corrected chi connectivity index (χ0v) is 21.4. The average Bonchev–Trinajstić information content (AvgIpc) is 2.88. The Kier molecular flexibility index (Phi) is 15.2. The van der Waals surface area contributed by atoms with E-state index in [9.17, 15) is 43.8 Å². The maximum atomic E-state index is 13.6. The predicted molar refractivity (Wildman–Crippen MR) is 132 cm³/mol. The summed E-state index contributed by atoms with van der Waals surface area (Å²) in [7, 11) is 0. The summed E-state index contributed by atoms with van der Waals surface area (Å²) < 4.78 is 0. The van der Waals surface area contributed by atoms with Gasteiger partial charge in [0.1, 0.15) is 6.04 Å². The SMILES string of the molecule is NCCCCC(N)C(=O)N(C(=O)C(N)CO)C(CC(=O)C(N)CCC(=O)O)(C(=O)O)C(=O)C(N)CCC(=O)O. The molecule has 17 heteroatoms. The Morgan fingerprint density at radius 1 is 0.692 bits per heavy atom. The highest BCUT2D eigenvalue weighted by atomic mass is 16.4. The van der Waals surface area contributed by atoms with Crippen LogP contribution in [0.3, 0.4) is 0 Å². The molecule has 0 heterocycles. The molecule has 0 aliphatic heterocycles. The molecule has 0 aromatic rings. The lowest BCUT2D eigenvalue weighted by Crippen LogP contribution is -2.72. The normalized spacial score (nSPS) is 15.7.